The van der Waals surface area contributed by atoms with Gasteiger partial charge in [0, 0.05) is 42.9 Å². The molecule has 1 aromatic rings. The minimum atomic E-state index is -0.0118. The number of ether oxygens (including phenoxy) is 1. The summed E-state index contributed by atoms with van der Waals surface area (Å²) in [4.78, 5) is 20.2. The molecule has 1 unspecified atom stereocenters. The van der Waals surface area contributed by atoms with Crippen molar-refractivity contribution in [2.75, 3.05) is 40.4 Å². The quantitative estimate of drug-likeness (QED) is 0.382. The van der Waals surface area contributed by atoms with E-state index in [4.69, 9.17) is 4.74 Å². The van der Waals surface area contributed by atoms with Gasteiger partial charge in [-0.3, -0.25) is 4.79 Å². The molecular weight excluding hydrogens is 439 g/mol. The molecule has 2 rings (SSSR count). The minimum Gasteiger partial charge on any atom is -0.381 e. The second-order valence-electron chi connectivity index (χ2n) is 5.93. The van der Waals surface area contributed by atoms with Gasteiger partial charge in [0.15, 0.2) is 5.96 Å². The molecule has 1 aromatic heterocycles. The summed E-state index contributed by atoms with van der Waals surface area (Å²) in [5, 5.41) is 6.63. The first-order valence-corrected chi connectivity index (χ1v) is 8.71. The predicted octanol–water partition coefficient (Wildman–Crippen LogP) is 1.83. The van der Waals surface area contributed by atoms with Gasteiger partial charge in [0.05, 0.1) is 13.2 Å². The lowest BCUT2D eigenvalue weighted by molar-refractivity contribution is -0.127. The number of hydrogen-bond acceptors (Lipinski definition) is 4. The van der Waals surface area contributed by atoms with Crippen LogP contribution < -0.4 is 10.6 Å². The van der Waals surface area contributed by atoms with E-state index in [1.807, 2.05) is 0 Å². The number of nitrogens with one attached hydrogen (secondary N) is 2. The molecule has 1 aliphatic heterocycles. The first-order valence-electron chi connectivity index (χ1n) is 7.90. The number of nitrogens with zero attached hydrogens (tertiary/aromatic N) is 2. The lowest BCUT2D eigenvalue weighted by atomic mass is 10.1. The molecule has 6 nitrogen and oxygen atoms in total. The molecule has 0 radical (unpaired) electrons. The van der Waals surface area contributed by atoms with Crippen LogP contribution in [0.3, 0.4) is 0 Å². The summed E-state index contributed by atoms with van der Waals surface area (Å²) in [6, 6.07) is 4.22. The molecule has 2 N–H and O–H groups in total. The molecule has 0 aromatic carbocycles. The summed E-state index contributed by atoms with van der Waals surface area (Å²) >= 11 is 1.76. The maximum Gasteiger partial charge on any atom is 0.243 e. The Bertz CT molecular complexity index is 542. The Balaban J connectivity index is 0.00000288. The second-order valence-corrected chi connectivity index (χ2v) is 7.30. The van der Waals surface area contributed by atoms with E-state index in [2.05, 4.69) is 34.7 Å². The van der Waals surface area contributed by atoms with Gasteiger partial charge in [-0.2, -0.15) is 0 Å². The van der Waals surface area contributed by atoms with Gasteiger partial charge in [-0.15, -0.1) is 35.3 Å². The van der Waals surface area contributed by atoms with E-state index in [1.54, 1.807) is 30.3 Å². The third kappa shape index (κ3) is 7.35. The molecule has 24 heavy (non-hydrogen) atoms. The van der Waals surface area contributed by atoms with Gasteiger partial charge in [0.1, 0.15) is 6.54 Å². The zero-order valence-corrected chi connectivity index (χ0v) is 17.6. The van der Waals surface area contributed by atoms with E-state index in [1.165, 1.54) is 9.75 Å². The Morgan fingerprint density at radius 1 is 1.42 bits per heavy atom. The van der Waals surface area contributed by atoms with E-state index in [0.717, 1.165) is 26.2 Å². The molecule has 8 heteroatoms. The molecule has 0 aliphatic carbocycles. The van der Waals surface area contributed by atoms with Crippen LogP contribution >= 0.6 is 35.3 Å². The highest BCUT2D eigenvalue weighted by atomic mass is 127. The van der Waals surface area contributed by atoms with Crippen molar-refractivity contribution in [3.8, 4) is 0 Å². The van der Waals surface area contributed by atoms with E-state index in [-0.39, 0.29) is 36.4 Å². The van der Waals surface area contributed by atoms with Crippen molar-refractivity contribution in [2.24, 2.45) is 10.9 Å². The topological polar surface area (TPSA) is 66.0 Å². The van der Waals surface area contributed by atoms with Crippen LogP contribution in [0.4, 0.5) is 0 Å². The Labute approximate surface area is 165 Å². The fourth-order valence-electron chi connectivity index (χ4n) is 2.20. The van der Waals surface area contributed by atoms with Crippen LogP contribution in [0.1, 0.15) is 16.2 Å². The molecule has 0 spiro atoms. The Morgan fingerprint density at radius 3 is 2.79 bits per heavy atom. The molecule has 0 saturated carbocycles. The first-order chi connectivity index (χ1) is 11.0. The van der Waals surface area contributed by atoms with Gasteiger partial charge in [-0.25, -0.2) is 4.99 Å². The number of rotatable bonds is 6. The van der Waals surface area contributed by atoms with Crippen LogP contribution in [0.5, 0.6) is 0 Å². The van der Waals surface area contributed by atoms with Gasteiger partial charge < -0.3 is 20.3 Å². The van der Waals surface area contributed by atoms with E-state index in [0.29, 0.717) is 18.4 Å². The Hall–Kier alpha value is -0.870. The molecular formula is C16H27IN4O2S. The van der Waals surface area contributed by atoms with Crippen molar-refractivity contribution in [3.05, 3.63) is 21.9 Å². The Kier molecular flexibility index (Phi) is 9.60. The summed E-state index contributed by atoms with van der Waals surface area (Å²) in [5.74, 6) is 1.18. The van der Waals surface area contributed by atoms with Crippen molar-refractivity contribution in [1.29, 1.82) is 0 Å². The minimum absolute atomic E-state index is 0. The van der Waals surface area contributed by atoms with Crippen molar-refractivity contribution in [2.45, 2.75) is 19.9 Å². The third-order valence-corrected chi connectivity index (χ3v) is 4.68. The van der Waals surface area contributed by atoms with Crippen molar-refractivity contribution < 1.29 is 9.53 Å². The number of halogens is 1. The number of likely N-dealkylation sites (N-methyl/N-ethyl adjacent to an activating group) is 1. The summed E-state index contributed by atoms with van der Waals surface area (Å²) < 4.78 is 5.39. The fourth-order valence-corrected chi connectivity index (χ4v) is 3.03. The van der Waals surface area contributed by atoms with Crippen molar-refractivity contribution in [3.63, 3.8) is 0 Å². The van der Waals surface area contributed by atoms with Gasteiger partial charge in [0.2, 0.25) is 5.91 Å². The fraction of sp³-hybridized carbons (Fsp3) is 0.625. The average Bonchev–Trinajstić information content (AvgIpc) is 3.17. The monoisotopic (exact) mass is 466 g/mol. The third-order valence-electron chi connectivity index (χ3n) is 3.68. The van der Waals surface area contributed by atoms with E-state index in [9.17, 15) is 4.79 Å². The van der Waals surface area contributed by atoms with Gasteiger partial charge in [-0.05, 0) is 25.5 Å². The number of carbonyl (C=O) groups excluding carboxylic acids is 1. The standard InChI is InChI=1S/C16H26N4O2S.HI/c1-12-4-5-14(23-12)9-18-16(19-10-15(21)20(2)3)17-8-13-6-7-22-11-13;/h4-5,13H,6-11H2,1-3H3,(H2,17,18,19);1H. The maximum atomic E-state index is 11.7. The van der Waals surface area contributed by atoms with Gasteiger partial charge >= 0.3 is 0 Å². The van der Waals surface area contributed by atoms with Crippen LogP contribution in [0, 0.1) is 12.8 Å². The van der Waals surface area contributed by atoms with Crippen molar-refractivity contribution >= 4 is 47.2 Å². The zero-order chi connectivity index (χ0) is 16.7. The number of aliphatic imine (C=N–C) groups is 1. The number of hydrogen-bond donors (Lipinski definition) is 2. The van der Waals surface area contributed by atoms with Crippen LogP contribution in [-0.2, 0) is 16.1 Å². The average molecular weight is 466 g/mol. The highest BCUT2D eigenvalue weighted by molar-refractivity contribution is 14.0. The molecule has 2 heterocycles. The summed E-state index contributed by atoms with van der Waals surface area (Å²) in [6.07, 6.45) is 1.07. The number of thiophene rings is 1. The number of carbonyl (C=O) groups is 1. The van der Waals surface area contributed by atoms with Crippen LogP contribution in [0.2, 0.25) is 0 Å². The number of guanidine groups is 1. The SMILES string of the molecule is Cc1ccc(CNC(=NCC(=O)N(C)C)NCC2CCOC2)s1.I. The molecule has 136 valence electrons. The highest BCUT2D eigenvalue weighted by Crippen LogP contribution is 2.14. The maximum absolute atomic E-state index is 11.7. The molecule has 1 saturated heterocycles. The first kappa shape index (κ1) is 21.2. The molecule has 1 aliphatic rings. The normalized spacial score (nSPS) is 17.3. The Morgan fingerprint density at radius 2 is 2.21 bits per heavy atom. The molecule has 1 fully saturated rings. The van der Waals surface area contributed by atoms with E-state index >= 15 is 0 Å². The van der Waals surface area contributed by atoms with E-state index < -0.39 is 0 Å². The van der Waals surface area contributed by atoms with Crippen LogP contribution in [0.25, 0.3) is 0 Å². The predicted molar refractivity (Wildman–Crippen MR) is 109 cm³/mol. The van der Waals surface area contributed by atoms with Crippen molar-refractivity contribution in [1.82, 2.24) is 15.5 Å². The summed E-state index contributed by atoms with van der Waals surface area (Å²) in [6.45, 7) is 5.39. The van der Waals surface area contributed by atoms with Crippen LogP contribution in [-0.4, -0.2) is 57.2 Å². The second kappa shape index (κ2) is 10.9. The lowest BCUT2D eigenvalue weighted by Gasteiger charge is -2.15. The highest BCUT2D eigenvalue weighted by Gasteiger charge is 2.16. The molecule has 1 amide bonds. The summed E-state index contributed by atoms with van der Waals surface area (Å²) in [5.41, 5.74) is 0. The number of amides is 1. The lowest BCUT2D eigenvalue weighted by Crippen LogP contribution is -2.40. The zero-order valence-electron chi connectivity index (χ0n) is 14.5. The largest absolute Gasteiger partial charge is 0.381 e. The smallest absolute Gasteiger partial charge is 0.243 e. The summed E-state index contributed by atoms with van der Waals surface area (Å²) in [7, 11) is 3.48. The van der Waals surface area contributed by atoms with Crippen LogP contribution in [0.15, 0.2) is 17.1 Å². The van der Waals surface area contributed by atoms with Gasteiger partial charge in [0.25, 0.3) is 0 Å². The molecule has 1 atom stereocenters. The number of aryl methyl sites for hydroxylation is 1. The molecule has 0 bridgehead atoms. The van der Waals surface area contributed by atoms with Gasteiger partial charge in [-0.1, -0.05) is 0 Å².